The van der Waals surface area contributed by atoms with Gasteiger partial charge in [-0.3, -0.25) is 0 Å². The fraction of sp³-hybridized carbons (Fsp3) is 0.429. The SMILES string of the molecule is CC(C)Oc1nc2ccc(F)cc2nc1C(C)C. The highest BCUT2D eigenvalue weighted by molar-refractivity contribution is 5.75. The second-order valence-electron chi connectivity index (χ2n) is 4.87. The van der Waals surface area contributed by atoms with E-state index in [9.17, 15) is 4.39 Å². The number of hydrogen-bond acceptors (Lipinski definition) is 3. The first-order valence-corrected chi connectivity index (χ1v) is 6.11. The number of aromatic nitrogens is 2. The summed E-state index contributed by atoms with van der Waals surface area (Å²) in [4.78, 5) is 8.89. The lowest BCUT2D eigenvalue weighted by Crippen LogP contribution is -2.11. The Kier molecular flexibility index (Phi) is 3.45. The van der Waals surface area contributed by atoms with E-state index in [0.29, 0.717) is 16.9 Å². The van der Waals surface area contributed by atoms with Gasteiger partial charge < -0.3 is 4.74 Å². The van der Waals surface area contributed by atoms with E-state index in [1.807, 2.05) is 27.7 Å². The molecule has 4 heteroatoms. The van der Waals surface area contributed by atoms with Gasteiger partial charge in [-0.15, -0.1) is 0 Å². The molecule has 1 aromatic heterocycles. The van der Waals surface area contributed by atoms with Crippen LogP contribution < -0.4 is 4.74 Å². The predicted octanol–water partition coefficient (Wildman–Crippen LogP) is 3.68. The Morgan fingerprint density at radius 3 is 2.39 bits per heavy atom. The highest BCUT2D eigenvalue weighted by atomic mass is 19.1. The maximum atomic E-state index is 13.2. The molecule has 3 nitrogen and oxygen atoms in total. The predicted molar refractivity (Wildman–Crippen MR) is 69.3 cm³/mol. The number of rotatable bonds is 3. The van der Waals surface area contributed by atoms with Crippen molar-refractivity contribution in [1.82, 2.24) is 9.97 Å². The zero-order valence-electron chi connectivity index (χ0n) is 11.1. The lowest BCUT2D eigenvalue weighted by molar-refractivity contribution is 0.228. The molecule has 0 radical (unpaired) electrons. The summed E-state index contributed by atoms with van der Waals surface area (Å²) in [6.07, 6.45) is 0.0368. The Balaban J connectivity index is 2.60. The minimum Gasteiger partial charge on any atom is -0.474 e. The van der Waals surface area contributed by atoms with Crippen molar-refractivity contribution in [3.63, 3.8) is 0 Å². The summed E-state index contributed by atoms with van der Waals surface area (Å²) in [6, 6.07) is 4.40. The number of fused-ring (bicyclic) bond motifs is 1. The second-order valence-corrected chi connectivity index (χ2v) is 4.87. The van der Waals surface area contributed by atoms with Crippen LogP contribution in [-0.2, 0) is 0 Å². The monoisotopic (exact) mass is 248 g/mol. The zero-order chi connectivity index (χ0) is 13.3. The summed E-state index contributed by atoms with van der Waals surface area (Å²) in [5.74, 6) is 0.419. The molecule has 0 spiro atoms. The van der Waals surface area contributed by atoms with Crippen molar-refractivity contribution in [2.75, 3.05) is 0 Å². The van der Waals surface area contributed by atoms with Gasteiger partial charge in [0, 0.05) is 12.0 Å². The average molecular weight is 248 g/mol. The van der Waals surface area contributed by atoms with Gasteiger partial charge >= 0.3 is 0 Å². The minimum absolute atomic E-state index is 0.0368. The van der Waals surface area contributed by atoms with E-state index in [0.717, 1.165) is 5.69 Å². The molecule has 0 aliphatic rings. The van der Waals surface area contributed by atoms with E-state index in [1.54, 1.807) is 6.07 Å². The van der Waals surface area contributed by atoms with Crippen LogP contribution in [0.1, 0.15) is 39.3 Å². The Morgan fingerprint density at radius 2 is 1.78 bits per heavy atom. The van der Waals surface area contributed by atoms with Gasteiger partial charge in [0.05, 0.1) is 17.1 Å². The Hall–Kier alpha value is -1.71. The lowest BCUT2D eigenvalue weighted by atomic mass is 10.1. The minimum atomic E-state index is -0.302. The Morgan fingerprint density at radius 1 is 1.06 bits per heavy atom. The third kappa shape index (κ3) is 2.58. The molecule has 0 aliphatic carbocycles. The van der Waals surface area contributed by atoms with Crippen molar-refractivity contribution in [3.05, 3.63) is 29.7 Å². The van der Waals surface area contributed by atoms with Crippen molar-refractivity contribution in [2.45, 2.75) is 39.7 Å². The van der Waals surface area contributed by atoms with Gasteiger partial charge in [-0.1, -0.05) is 13.8 Å². The van der Waals surface area contributed by atoms with Crippen molar-refractivity contribution in [1.29, 1.82) is 0 Å². The molecule has 0 aliphatic heterocycles. The molecule has 0 saturated heterocycles. The largest absolute Gasteiger partial charge is 0.474 e. The highest BCUT2D eigenvalue weighted by Gasteiger charge is 2.14. The number of ether oxygens (including phenoxy) is 1. The van der Waals surface area contributed by atoms with E-state index >= 15 is 0 Å². The molecular formula is C14H17FN2O. The number of hydrogen-bond donors (Lipinski definition) is 0. The molecule has 0 saturated carbocycles. The van der Waals surface area contributed by atoms with Gasteiger partial charge in [-0.05, 0) is 26.0 Å². The van der Waals surface area contributed by atoms with Crippen molar-refractivity contribution in [3.8, 4) is 5.88 Å². The van der Waals surface area contributed by atoms with Crippen LogP contribution in [0.5, 0.6) is 5.88 Å². The molecule has 0 amide bonds. The molecule has 96 valence electrons. The normalized spacial score (nSPS) is 11.5. The first kappa shape index (κ1) is 12.7. The molecular weight excluding hydrogens is 231 g/mol. The maximum absolute atomic E-state index is 13.2. The quantitative estimate of drug-likeness (QED) is 0.831. The number of halogens is 1. The first-order valence-electron chi connectivity index (χ1n) is 6.11. The van der Waals surface area contributed by atoms with Gasteiger partial charge in [-0.2, -0.15) is 0 Å². The van der Waals surface area contributed by atoms with Crippen molar-refractivity contribution >= 4 is 11.0 Å². The van der Waals surface area contributed by atoms with Gasteiger partial charge in [-0.25, -0.2) is 14.4 Å². The molecule has 0 fully saturated rings. The van der Waals surface area contributed by atoms with Crippen molar-refractivity contribution < 1.29 is 9.13 Å². The molecule has 0 atom stereocenters. The topological polar surface area (TPSA) is 35.0 Å². The molecule has 0 N–H and O–H groups in total. The molecule has 18 heavy (non-hydrogen) atoms. The van der Waals surface area contributed by atoms with Gasteiger partial charge in [0.25, 0.3) is 0 Å². The van der Waals surface area contributed by atoms with E-state index in [4.69, 9.17) is 4.74 Å². The lowest BCUT2D eigenvalue weighted by Gasteiger charge is -2.15. The van der Waals surface area contributed by atoms with E-state index in [1.165, 1.54) is 12.1 Å². The average Bonchev–Trinajstić information content (AvgIpc) is 2.27. The molecule has 1 heterocycles. The molecule has 0 bridgehead atoms. The van der Waals surface area contributed by atoms with Crippen LogP contribution in [0.15, 0.2) is 18.2 Å². The molecule has 0 unspecified atom stereocenters. The van der Waals surface area contributed by atoms with E-state index in [-0.39, 0.29) is 17.8 Å². The van der Waals surface area contributed by atoms with E-state index < -0.39 is 0 Å². The third-order valence-electron chi connectivity index (χ3n) is 2.51. The summed E-state index contributed by atoms with van der Waals surface area (Å²) in [7, 11) is 0. The zero-order valence-corrected chi connectivity index (χ0v) is 11.1. The molecule has 1 aromatic carbocycles. The van der Waals surface area contributed by atoms with Crippen molar-refractivity contribution in [2.24, 2.45) is 0 Å². The maximum Gasteiger partial charge on any atom is 0.236 e. The van der Waals surface area contributed by atoms with Crippen LogP contribution in [0.25, 0.3) is 11.0 Å². The summed E-state index contributed by atoms with van der Waals surface area (Å²) in [5.41, 5.74) is 1.98. The fourth-order valence-electron chi connectivity index (χ4n) is 1.71. The molecule has 2 rings (SSSR count). The van der Waals surface area contributed by atoms with E-state index in [2.05, 4.69) is 9.97 Å². The summed E-state index contributed by atoms with van der Waals surface area (Å²) >= 11 is 0. The van der Waals surface area contributed by atoms with Crippen LogP contribution >= 0.6 is 0 Å². The Labute approximate surface area is 106 Å². The second kappa shape index (κ2) is 4.88. The summed E-state index contributed by atoms with van der Waals surface area (Å²) in [5, 5.41) is 0. The van der Waals surface area contributed by atoms with Crippen LogP contribution in [0.4, 0.5) is 4.39 Å². The smallest absolute Gasteiger partial charge is 0.236 e. The summed E-state index contributed by atoms with van der Waals surface area (Å²) in [6.45, 7) is 7.92. The fourth-order valence-corrected chi connectivity index (χ4v) is 1.71. The van der Waals surface area contributed by atoms with Crippen LogP contribution in [-0.4, -0.2) is 16.1 Å². The third-order valence-corrected chi connectivity index (χ3v) is 2.51. The summed E-state index contributed by atoms with van der Waals surface area (Å²) < 4.78 is 18.9. The number of nitrogens with zero attached hydrogens (tertiary/aromatic N) is 2. The standard InChI is InChI=1S/C14H17FN2O/c1-8(2)13-14(18-9(3)4)17-11-6-5-10(15)7-12(11)16-13/h5-9H,1-4H3. The van der Waals surface area contributed by atoms with Crippen LogP contribution in [0.2, 0.25) is 0 Å². The Bertz CT molecular complexity index is 567. The van der Waals surface area contributed by atoms with Crippen LogP contribution in [0.3, 0.4) is 0 Å². The number of benzene rings is 1. The molecule has 2 aromatic rings. The van der Waals surface area contributed by atoms with Crippen LogP contribution in [0, 0.1) is 5.82 Å². The van der Waals surface area contributed by atoms with Gasteiger partial charge in [0.1, 0.15) is 11.5 Å². The first-order chi connectivity index (χ1) is 8.47. The highest BCUT2D eigenvalue weighted by Crippen LogP contribution is 2.26. The van der Waals surface area contributed by atoms with Gasteiger partial charge in [0.15, 0.2) is 0 Å². The van der Waals surface area contributed by atoms with Gasteiger partial charge in [0.2, 0.25) is 5.88 Å².